The third-order valence-corrected chi connectivity index (χ3v) is 6.80. The van der Waals surface area contributed by atoms with Crippen molar-refractivity contribution in [2.24, 2.45) is 0 Å². The van der Waals surface area contributed by atoms with Crippen molar-refractivity contribution in [2.45, 2.75) is 17.7 Å². The van der Waals surface area contributed by atoms with Crippen LogP contribution in [0.25, 0.3) is 6.08 Å². The molecule has 2 N–H and O–H groups in total. The van der Waals surface area contributed by atoms with Crippen LogP contribution in [-0.4, -0.2) is 37.6 Å². The first-order chi connectivity index (χ1) is 13.9. The Morgan fingerprint density at radius 2 is 1.69 bits per heavy atom. The molecule has 152 valence electrons. The maximum absolute atomic E-state index is 12.5. The fraction of sp³-hybridized carbons (Fsp3) is 0.200. The van der Waals surface area contributed by atoms with Crippen LogP contribution in [0.5, 0.6) is 0 Å². The number of carbonyl (C=O) groups is 2. The Hall–Kier alpha value is -2.49. The summed E-state index contributed by atoms with van der Waals surface area (Å²) >= 11 is 3.35. The predicted octanol–water partition coefficient (Wildman–Crippen LogP) is 2.71. The number of amides is 2. The summed E-state index contributed by atoms with van der Waals surface area (Å²) in [5.74, 6) is -1.04. The molecule has 1 aliphatic rings. The number of hydrazine groups is 1. The number of halogens is 1. The minimum Gasteiger partial charge on any atom is -0.268 e. The van der Waals surface area contributed by atoms with Gasteiger partial charge in [-0.05, 0) is 60.9 Å². The molecule has 1 heterocycles. The van der Waals surface area contributed by atoms with Crippen molar-refractivity contribution in [3.63, 3.8) is 0 Å². The van der Waals surface area contributed by atoms with Gasteiger partial charge in [-0.2, -0.15) is 4.31 Å². The zero-order chi connectivity index (χ0) is 20.9. The van der Waals surface area contributed by atoms with E-state index in [-0.39, 0.29) is 10.5 Å². The van der Waals surface area contributed by atoms with Crippen molar-refractivity contribution < 1.29 is 18.0 Å². The second-order valence-electron chi connectivity index (χ2n) is 6.47. The highest BCUT2D eigenvalue weighted by Gasteiger charge is 2.27. The van der Waals surface area contributed by atoms with Crippen LogP contribution in [-0.2, 0) is 14.8 Å². The van der Waals surface area contributed by atoms with Gasteiger partial charge in [0, 0.05) is 29.2 Å². The van der Waals surface area contributed by atoms with Gasteiger partial charge >= 0.3 is 0 Å². The largest absolute Gasteiger partial charge is 0.269 e. The number of hydrogen-bond donors (Lipinski definition) is 2. The SMILES string of the molecule is O=C(/C=C/c1cccc(Br)c1)NNC(=O)c1ccc(S(=O)(=O)N2CCCC2)cc1. The zero-order valence-electron chi connectivity index (χ0n) is 15.5. The van der Waals surface area contributed by atoms with Crippen LogP contribution >= 0.6 is 15.9 Å². The summed E-state index contributed by atoms with van der Waals surface area (Å²) in [4.78, 5) is 24.2. The highest BCUT2D eigenvalue weighted by molar-refractivity contribution is 9.10. The minimum atomic E-state index is -3.52. The van der Waals surface area contributed by atoms with Gasteiger partial charge in [-0.25, -0.2) is 8.42 Å². The van der Waals surface area contributed by atoms with Gasteiger partial charge in [0.15, 0.2) is 0 Å². The highest BCUT2D eigenvalue weighted by Crippen LogP contribution is 2.21. The first kappa shape index (κ1) is 21.2. The van der Waals surface area contributed by atoms with E-state index in [9.17, 15) is 18.0 Å². The van der Waals surface area contributed by atoms with Gasteiger partial charge in [-0.1, -0.05) is 28.1 Å². The smallest absolute Gasteiger partial charge is 0.268 e. The second-order valence-corrected chi connectivity index (χ2v) is 9.32. The number of benzene rings is 2. The van der Waals surface area contributed by atoms with E-state index in [1.807, 2.05) is 24.3 Å². The van der Waals surface area contributed by atoms with Crippen molar-refractivity contribution in [2.75, 3.05) is 13.1 Å². The van der Waals surface area contributed by atoms with E-state index in [0.717, 1.165) is 22.9 Å². The Balaban J connectivity index is 1.56. The van der Waals surface area contributed by atoms with Crippen molar-refractivity contribution >= 4 is 43.8 Å². The average molecular weight is 478 g/mol. The third-order valence-electron chi connectivity index (χ3n) is 4.39. The van der Waals surface area contributed by atoms with E-state index < -0.39 is 21.8 Å². The number of carbonyl (C=O) groups excluding carboxylic acids is 2. The monoisotopic (exact) mass is 477 g/mol. The molecule has 0 bridgehead atoms. The van der Waals surface area contributed by atoms with Crippen LogP contribution in [0.3, 0.4) is 0 Å². The third kappa shape index (κ3) is 5.53. The molecule has 1 fully saturated rings. The summed E-state index contributed by atoms with van der Waals surface area (Å²) in [7, 11) is -3.52. The van der Waals surface area contributed by atoms with Gasteiger partial charge in [0.2, 0.25) is 10.0 Å². The quantitative estimate of drug-likeness (QED) is 0.511. The molecule has 1 aliphatic heterocycles. The molecule has 7 nitrogen and oxygen atoms in total. The zero-order valence-corrected chi connectivity index (χ0v) is 17.9. The van der Waals surface area contributed by atoms with Crippen molar-refractivity contribution in [3.05, 3.63) is 70.2 Å². The maximum atomic E-state index is 12.5. The molecule has 2 amide bonds. The fourth-order valence-corrected chi connectivity index (χ4v) is 4.80. The molecule has 0 spiro atoms. The van der Waals surface area contributed by atoms with E-state index >= 15 is 0 Å². The van der Waals surface area contributed by atoms with E-state index in [1.165, 1.54) is 34.6 Å². The van der Waals surface area contributed by atoms with Crippen LogP contribution in [0.15, 0.2) is 64.0 Å². The van der Waals surface area contributed by atoms with Gasteiger partial charge in [-0.3, -0.25) is 20.4 Å². The van der Waals surface area contributed by atoms with E-state index in [4.69, 9.17) is 0 Å². The molecule has 1 saturated heterocycles. The van der Waals surface area contributed by atoms with Crippen LogP contribution in [0.1, 0.15) is 28.8 Å². The Morgan fingerprint density at radius 1 is 1.00 bits per heavy atom. The molecule has 0 aromatic heterocycles. The molecule has 0 unspecified atom stereocenters. The summed E-state index contributed by atoms with van der Waals surface area (Å²) in [6, 6.07) is 13.0. The first-order valence-electron chi connectivity index (χ1n) is 9.00. The van der Waals surface area contributed by atoms with Gasteiger partial charge in [0.1, 0.15) is 0 Å². The summed E-state index contributed by atoms with van der Waals surface area (Å²) in [5.41, 5.74) is 5.66. The second kappa shape index (κ2) is 9.34. The molecule has 2 aromatic rings. The number of hydrogen-bond acceptors (Lipinski definition) is 4. The molecule has 29 heavy (non-hydrogen) atoms. The number of nitrogens with one attached hydrogen (secondary N) is 2. The molecule has 9 heteroatoms. The normalized spacial score (nSPS) is 14.8. The minimum absolute atomic E-state index is 0.150. The lowest BCUT2D eigenvalue weighted by Gasteiger charge is -2.15. The van der Waals surface area contributed by atoms with Crippen molar-refractivity contribution in [1.82, 2.24) is 15.2 Å². The topological polar surface area (TPSA) is 95.6 Å². The Morgan fingerprint density at radius 3 is 2.34 bits per heavy atom. The number of rotatable bonds is 5. The molecule has 0 atom stereocenters. The maximum Gasteiger partial charge on any atom is 0.269 e. The number of nitrogens with zero attached hydrogens (tertiary/aromatic N) is 1. The van der Waals surface area contributed by atoms with Gasteiger partial charge < -0.3 is 0 Å². The summed E-state index contributed by atoms with van der Waals surface area (Å²) in [5, 5.41) is 0. The highest BCUT2D eigenvalue weighted by atomic mass is 79.9. The van der Waals surface area contributed by atoms with Crippen LogP contribution in [0.2, 0.25) is 0 Å². The molecule has 0 aliphatic carbocycles. The molecule has 2 aromatic carbocycles. The lowest BCUT2D eigenvalue weighted by Crippen LogP contribution is -2.40. The Kier molecular flexibility index (Phi) is 6.83. The number of sulfonamides is 1. The molecular formula is C20H20BrN3O4S. The van der Waals surface area contributed by atoms with Crippen LogP contribution in [0.4, 0.5) is 0 Å². The lowest BCUT2D eigenvalue weighted by atomic mass is 10.2. The lowest BCUT2D eigenvalue weighted by molar-refractivity contribution is -0.117. The molecule has 3 rings (SSSR count). The fourth-order valence-electron chi connectivity index (χ4n) is 2.87. The molecule has 0 saturated carbocycles. The summed E-state index contributed by atoms with van der Waals surface area (Å²) in [6.45, 7) is 1.04. The van der Waals surface area contributed by atoms with Crippen LogP contribution in [0, 0.1) is 0 Å². The van der Waals surface area contributed by atoms with Gasteiger partial charge in [0.25, 0.3) is 11.8 Å². The molecular weight excluding hydrogens is 458 g/mol. The standard InChI is InChI=1S/C20H20BrN3O4S/c21-17-5-3-4-15(14-17)6-11-19(25)22-23-20(26)16-7-9-18(10-8-16)29(27,28)24-12-1-2-13-24/h3-11,14H,1-2,12-13H2,(H,22,25)(H,23,26)/b11-6+. The Labute approximate surface area is 177 Å². The van der Waals surface area contributed by atoms with Gasteiger partial charge in [0.05, 0.1) is 4.90 Å². The predicted molar refractivity (Wildman–Crippen MR) is 113 cm³/mol. The molecule has 0 radical (unpaired) electrons. The van der Waals surface area contributed by atoms with E-state index in [0.29, 0.717) is 13.1 Å². The Bertz CT molecular complexity index is 1030. The van der Waals surface area contributed by atoms with Crippen molar-refractivity contribution in [3.8, 4) is 0 Å². The average Bonchev–Trinajstić information content (AvgIpc) is 3.26. The summed E-state index contributed by atoms with van der Waals surface area (Å²) in [6.07, 6.45) is 4.63. The first-order valence-corrected chi connectivity index (χ1v) is 11.2. The van der Waals surface area contributed by atoms with E-state index in [1.54, 1.807) is 6.08 Å². The van der Waals surface area contributed by atoms with Gasteiger partial charge in [-0.15, -0.1) is 0 Å². The summed E-state index contributed by atoms with van der Waals surface area (Å²) < 4.78 is 27.3. The van der Waals surface area contributed by atoms with Crippen LogP contribution < -0.4 is 10.9 Å². The van der Waals surface area contributed by atoms with E-state index in [2.05, 4.69) is 26.8 Å². The van der Waals surface area contributed by atoms with Crippen molar-refractivity contribution in [1.29, 1.82) is 0 Å².